The quantitative estimate of drug-likeness (QED) is 0.201. The van der Waals surface area contributed by atoms with Crippen LogP contribution >= 0.6 is 43.6 Å². The van der Waals surface area contributed by atoms with E-state index < -0.39 is 16.1 Å². The van der Waals surface area contributed by atoms with E-state index in [0.717, 1.165) is 42.3 Å². The zero-order chi connectivity index (χ0) is 26.5. The van der Waals surface area contributed by atoms with E-state index >= 15 is 0 Å². The van der Waals surface area contributed by atoms with Gasteiger partial charge < -0.3 is 9.64 Å². The molecule has 0 aliphatic carbocycles. The number of thioether (sulfide) groups is 1. The minimum Gasteiger partial charge on any atom is -0.487 e. The Bertz CT molecular complexity index is 1250. The number of ether oxygens (including phenoxy) is 1. The van der Waals surface area contributed by atoms with Gasteiger partial charge in [0.05, 0.1) is 18.8 Å². The first kappa shape index (κ1) is 27.3. The van der Waals surface area contributed by atoms with Crippen LogP contribution in [0.3, 0.4) is 0 Å². The van der Waals surface area contributed by atoms with E-state index in [4.69, 9.17) is 4.74 Å². The minimum absolute atomic E-state index is 0.0170. The van der Waals surface area contributed by atoms with Crippen molar-refractivity contribution in [3.8, 4) is 5.75 Å². The number of likely N-dealkylation sites (tertiary alicyclic amines) is 1. The summed E-state index contributed by atoms with van der Waals surface area (Å²) in [6, 6.07) is 9.67. The average Bonchev–Trinajstić information content (AvgIpc) is 3.04. The molecule has 0 saturated carbocycles. The number of nitro benzene ring substituents is 1. The minimum atomic E-state index is -0.489. The van der Waals surface area contributed by atoms with Gasteiger partial charge in [0.25, 0.3) is 16.8 Å². The first-order valence-corrected chi connectivity index (χ1v) is 14.0. The summed E-state index contributed by atoms with van der Waals surface area (Å²) in [6.45, 7) is 1.17. The fraction of sp³-hybridized carbons (Fsp3) is 0.320. The number of amides is 3. The molecule has 2 aliphatic rings. The zero-order valence-corrected chi connectivity index (χ0v) is 23.6. The van der Waals surface area contributed by atoms with E-state index in [1.165, 1.54) is 12.1 Å². The zero-order valence-electron chi connectivity index (χ0n) is 19.7. The fourth-order valence-electron chi connectivity index (χ4n) is 4.06. The Labute approximate surface area is 234 Å². The van der Waals surface area contributed by atoms with E-state index in [-0.39, 0.29) is 29.7 Å². The molecule has 37 heavy (non-hydrogen) atoms. The predicted molar refractivity (Wildman–Crippen MR) is 147 cm³/mol. The number of halogens is 2. The highest BCUT2D eigenvalue weighted by atomic mass is 79.9. The SMILES string of the molecule is O=C(CN1C(=O)SC(=Cc2cc(Br)c(OCc3cccc([N+](=O)[O-])c3)c(Br)c2)C1=O)N1CCCCCC1. The van der Waals surface area contributed by atoms with Crippen molar-refractivity contribution in [2.24, 2.45) is 0 Å². The number of benzene rings is 2. The van der Waals surface area contributed by atoms with Crippen molar-refractivity contribution in [2.45, 2.75) is 32.3 Å². The molecule has 9 nitrogen and oxygen atoms in total. The average molecular weight is 653 g/mol. The van der Waals surface area contributed by atoms with Crippen LogP contribution in [0.25, 0.3) is 6.08 Å². The standard InChI is InChI=1S/C25H23Br2N3O6S/c26-19-11-17(12-20(27)23(19)36-15-16-6-5-7-18(10-16)30(34)35)13-21-24(32)29(25(33)37-21)14-22(31)28-8-3-1-2-4-9-28/h5-7,10-13H,1-4,8-9,14-15H2. The lowest BCUT2D eigenvalue weighted by Gasteiger charge is -2.22. The molecular weight excluding hydrogens is 630 g/mol. The highest BCUT2D eigenvalue weighted by Gasteiger charge is 2.37. The maximum absolute atomic E-state index is 12.9. The summed E-state index contributed by atoms with van der Waals surface area (Å²) in [7, 11) is 0. The number of carbonyl (C=O) groups excluding carboxylic acids is 3. The molecule has 0 atom stereocenters. The number of non-ortho nitro benzene ring substituents is 1. The summed E-state index contributed by atoms with van der Waals surface area (Å²) < 4.78 is 7.05. The molecule has 2 aromatic rings. The summed E-state index contributed by atoms with van der Waals surface area (Å²) in [6.07, 6.45) is 5.63. The molecule has 3 amide bonds. The number of carbonyl (C=O) groups is 3. The molecule has 12 heteroatoms. The summed E-state index contributed by atoms with van der Waals surface area (Å²) >= 11 is 7.75. The second-order valence-corrected chi connectivity index (χ2v) is 11.3. The number of nitro groups is 1. The first-order valence-electron chi connectivity index (χ1n) is 11.6. The van der Waals surface area contributed by atoms with Crippen molar-refractivity contribution in [2.75, 3.05) is 19.6 Å². The van der Waals surface area contributed by atoms with Gasteiger partial charge >= 0.3 is 0 Å². The molecule has 2 aromatic carbocycles. The summed E-state index contributed by atoms with van der Waals surface area (Å²) in [5.74, 6) is -0.211. The molecule has 2 fully saturated rings. The van der Waals surface area contributed by atoms with E-state index in [1.54, 1.807) is 35.2 Å². The molecule has 0 bridgehead atoms. The van der Waals surface area contributed by atoms with E-state index in [0.29, 0.717) is 38.9 Å². The normalized spacial score (nSPS) is 17.3. The smallest absolute Gasteiger partial charge is 0.294 e. The number of imide groups is 1. The van der Waals surface area contributed by atoms with Gasteiger partial charge in [-0.3, -0.25) is 29.4 Å². The van der Waals surface area contributed by atoms with Gasteiger partial charge in [0.15, 0.2) is 0 Å². The van der Waals surface area contributed by atoms with Gasteiger partial charge in [0, 0.05) is 25.2 Å². The maximum Gasteiger partial charge on any atom is 0.294 e. The fourth-order valence-corrected chi connectivity index (χ4v) is 6.35. The Balaban J connectivity index is 1.44. The topological polar surface area (TPSA) is 110 Å². The summed E-state index contributed by atoms with van der Waals surface area (Å²) in [5, 5.41) is 10.5. The van der Waals surface area contributed by atoms with Crippen LogP contribution in [0.4, 0.5) is 10.5 Å². The van der Waals surface area contributed by atoms with Gasteiger partial charge in [0.2, 0.25) is 5.91 Å². The van der Waals surface area contributed by atoms with Crippen LogP contribution < -0.4 is 4.74 Å². The van der Waals surface area contributed by atoms with Crippen molar-refractivity contribution in [1.29, 1.82) is 0 Å². The Morgan fingerprint density at radius 2 is 1.76 bits per heavy atom. The molecule has 194 valence electrons. The lowest BCUT2D eigenvalue weighted by Crippen LogP contribution is -2.42. The molecule has 4 rings (SSSR count). The number of rotatable bonds is 7. The molecule has 2 aliphatic heterocycles. The number of nitrogens with zero attached hydrogens (tertiary/aromatic N) is 3. The Hall–Kier alpha value is -2.70. The largest absolute Gasteiger partial charge is 0.487 e. The molecule has 0 radical (unpaired) electrons. The van der Waals surface area contributed by atoms with Crippen LogP contribution in [-0.2, 0) is 16.2 Å². The monoisotopic (exact) mass is 651 g/mol. The molecule has 2 saturated heterocycles. The van der Waals surface area contributed by atoms with Crippen LogP contribution in [0.5, 0.6) is 5.75 Å². The molecule has 2 heterocycles. The third-order valence-electron chi connectivity index (χ3n) is 5.95. The van der Waals surface area contributed by atoms with Gasteiger partial charge in [0.1, 0.15) is 18.9 Å². The lowest BCUT2D eigenvalue weighted by molar-refractivity contribution is -0.384. The van der Waals surface area contributed by atoms with Gasteiger partial charge in [-0.25, -0.2) is 0 Å². The van der Waals surface area contributed by atoms with Crippen molar-refractivity contribution >= 4 is 72.4 Å². The number of hydrogen-bond donors (Lipinski definition) is 0. The van der Waals surface area contributed by atoms with Crippen molar-refractivity contribution in [3.63, 3.8) is 0 Å². The van der Waals surface area contributed by atoms with Gasteiger partial charge in [-0.05, 0) is 85.8 Å². The first-order chi connectivity index (χ1) is 17.7. The Kier molecular flexibility index (Phi) is 9.04. The van der Waals surface area contributed by atoms with Crippen LogP contribution in [-0.4, -0.2) is 51.4 Å². The van der Waals surface area contributed by atoms with E-state index in [2.05, 4.69) is 31.9 Å². The van der Waals surface area contributed by atoms with Crippen LogP contribution in [0.2, 0.25) is 0 Å². The summed E-state index contributed by atoms with van der Waals surface area (Å²) in [4.78, 5) is 51.7. The number of hydrogen-bond acceptors (Lipinski definition) is 7. The highest BCUT2D eigenvalue weighted by molar-refractivity contribution is 9.11. The van der Waals surface area contributed by atoms with E-state index in [1.807, 2.05) is 0 Å². The van der Waals surface area contributed by atoms with E-state index in [9.17, 15) is 24.5 Å². The molecule has 0 N–H and O–H groups in total. The van der Waals surface area contributed by atoms with Crippen molar-refractivity contribution in [3.05, 3.63) is 71.5 Å². The molecular formula is C25H23Br2N3O6S. The summed E-state index contributed by atoms with van der Waals surface area (Å²) in [5.41, 5.74) is 1.27. The highest BCUT2D eigenvalue weighted by Crippen LogP contribution is 2.38. The van der Waals surface area contributed by atoms with Gasteiger partial charge in [-0.2, -0.15) is 0 Å². The van der Waals surface area contributed by atoms with Crippen LogP contribution in [0, 0.1) is 10.1 Å². The Morgan fingerprint density at radius 3 is 2.41 bits per heavy atom. The molecule has 0 aromatic heterocycles. The van der Waals surface area contributed by atoms with Crippen molar-refractivity contribution in [1.82, 2.24) is 9.80 Å². The lowest BCUT2D eigenvalue weighted by atomic mass is 10.2. The molecule has 0 unspecified atom stereocenters. The van der Waals surface area contributed by atoms with Gasteiger partial charge in [-0.1, -0.05) is 25.0 Å². The second kappa shape index (κ2) is 12.2. The van der Waals surface area contributed by atoms with Crippen molar-refractivity contribution < 1.29 is 24.0 Å². The maximum atomic E-state index is 12.9. The second-order valence-electron chi connectivity index (χ2n) is 8.59. The third-order valence-corrected chi connectivity index (χ3v) is 8.03. The van der Waals surface area contributed by atoms with Gasteiger partial charge in [-0.15, -0.1) is 0 Å². The Morgan fingerprint density at radius 1 is 1.08 bits per heavy atom. The van der Waals surface area contributed by atoms with Crippen LogP contribution in [0.1, 0.15) is 36.8 Å². The third kappa shape index (κ3) is 6.79. The molecule has 0 spiro atoms. The predicted octanol–water partition coefficient (Wildman–Crippen LogP) is 6.14. The van der Waals surface area contributed by atoms with Crippen LogP contribution in [0.15, 0.2) is 50.2 Å².